The first-order valence-electron chi connectivity index (χ1n) is 8.37. The topological polar surface area (TPSA) is 92.4 Å². The number of rotatable bonds is 5. The Hall–Kier alpha value is -2.80. The van der Waals surface area contributed by atoms with E-state index < -0.39 is 0 Å². The van der Waals surface area contributed by atoms with Crippen LogP contribution in [0.5, 0.6) is 0 Å². The van der Waals surface area contributed by atoms with Gasteiger partial charge in [0, 0.05) is 24.6 Å². The molecule has 1 aliphatic carbocycles. The Morgan fingerprint density at radius 2 is 2.12 bits per heavy atom. The summed E-state index contributed by atoms with van der Waals surface area (Å²) in [7, 11) is 0. The summed E-state index contributed by atoms with van der Waals surface area (Å²) in [4.78, 5) is 16.9. The van der Waals surface area contributed by atoms with Crippen LogP contribution in [0.2, 0.25) is 0 Å². The molecule has 0 bridgehead atoms. The molecule has 1 atom stereocenters. The van der Waals surface area contributed by atoms with Crippen molar-refractivity contribution in [2.45, 2.75) is 31.4 Å². The van der Waals surface area contributed by atoms with E-state index in [-0.39, 0.29) is 24.0 Å². The van der Waals surface area contributed by atoms with Crippen molar-refractivity contribution in [1.82, 2.24) is 24.9 Å². The van der Waals surface area contributed by atoms with Gasteiger partial charge in [-0.15, -0.1) is 10.2 Å². The third-order valence-corrected chi connectivity index (χ3v) is 4.81. The fourth-order valence-electron chi connectivity index (χ4n) is 3.34. The number of nitrogens with one attached hydrogen (secondary N) is 1. The second kappa shape index (κ2) is 6.60. The van der Waals surface area contributed by atoms with Crippen LogP contribution < -0.4 is 5.32 Å². The minimum absolute atomic E-state index is 0.0403. The van der Waals surface area contributed by atoms with Gasteiger partial charge in [0.2, 0.25) is 0 Å². The Balaban J connectivity index is 1.55. The third-order valence-electron chi connectivity index (χ3n) is 4.81. The molecule has 2 N–H and O–H groups in total. The molecular weight excluding hydrogens is 318 g/mol. The van der Waals surface area contributed by atoms with E-state index in [9.17, 15) is 9.90 Å². The van der Waals surface area contributed by atoms with Crippen LogP contribution in [0.4, 0.5) is 0 Å². The summed E-state index contributed by atoms with van der Waals surface area (Å²) >= 11 is 0. The highest BCUT2D eigenvalue weighted by molar-refractivity contribution is 5.99. The fourth-order valence-corrected chi connectivity index (χ4v) is 3.34. The largest absolute Gasteiger partial charge is 0.393 e. The molecule has 3 aromatic heterocycles. The highest BCUT2D eigenvalue weighted by Gasteiger charge is 2.35. The number of nitrogens with zero attached hydrogens (tertiary/aromatic N) is 4. The predicted molar refractivity (Wildman–Crippen MR) is 90.9 cm³/mol. The van der Waals surface area contributed by atoms with Gasteiger partial charge >= 0.3 is 0 Å². The maximum atomic E-state index is 12.8. The van der Waals surface area contributed by atoms with Crippen LogP contribution in [0, 0.1) is 5.92 Å². The van der Waals surface area contributed by atoms with Crippen LogP contribution in [0.1, 0.15) is 28.8 Å². The van der Waals surface area contributed by atoms with Crippen molar-refractivity contribution in [3.8, 4) is 0 Å². The number of aromatic nitrogens is 4. The van der Waals surface area contributed by atoms with Gasteiger partial charge in [-0.1, -0.05) is 0 Å². The van der Waals surface area contributed by atoms with Crippen LogP contribution in [0.15, 0.2) is 49.2 Å². The molecule has 7 nitrogen and oxygen atoms in total. The molecule has 4 rings (SSSR count). The zero-order valence-electron chi connectivity index (χ0n) is 13.6. The molecule has 0 unspecified atom stereocenters. The zero-order valence-corrected chi connectivity index (χ0v) is 13.6. The Morgan fingerprint density at radius 1 is 1.32 bits per heavy atom. The molecule has 1 aliphatic rings. The average molecular weight is 337 g/mol. The average Bonchev–Trinajstić information content (AvgIpc) is 3.08. The standard InChI is InChI=1S/C18H19N5O2/c24-14-9-13(10-14)16(8-12-3-5-19-6-4-12)21-18(25)15-2-1-7-23-11-20-22-17(15)23/h1-7,11,13-14,16,24H,8-10H2,(H,21,25)/t13?,14?,16-/m0/s1. The van der Waals surface area contributed by atoms with Gasteiger partial charge in [0.25, 0.3) is 5.91 Å². The van der Waals surface area contributed by atoms with Gasteiger partial charge in [0.15, 0.2) is 5.65 Å². The quantitative estimate of drug-likeness (QED) is 0.731. The van der Waals surface area contributed by atoms with Gasteiger partial charge in [-0.25, -0.2) is 0 Å². The first-order chi connectivity index (χ1) is 12.2. The number of amides is 1. The maximum absolute atomic E-state index is 12.8. The summed E-state index contributed by atoms with van der Waals surface area (Å²) in [5.74, 6) is 0.101. The number of fused-ring (bicyclic) bond motifs is 1. The van der Waals surface area contributed by atoms with E-state index in [1.165, 1.54) is 0 Å². The number of carbonyl (C=O) groups excluding carboxylic acids is 1. The molecule has 7 heteroatoms. The molecule has 0 aliphatic heterocycles. The normalized spacial score (nSPS) is 20.8. The van der Waals surface area contributed by atoms with Crippen LogP contribution in [-0.2, 0) is 6.42 Å². The molecule has 1 saturated carbocycles. The molecule has 25 heavy (non-hydrogen) atoms. The van der Waals surface area contributed by atoms with Crippen molar-refractivity contribution in [3.05, 3.63) is 60.3 Å². The molecule has 1 amide bonds. The summed E-state index contributed by atoms with van der Waals surface area (Å²) in [6, 6.07) is 7.41. The summed E-state index contributed by atoms with van der Waals surface area (Å²) < 4.78 is 1.72. The number of aliphatic hydroxyl groups excluding tert-OH is 1. The minimum atomic E-state index is -0.262. The Labute approximate surface area is 144 Å². The molecule has 128 valence electrons. The van der Waals surface area contributed by atoms with Crippen LogP contribution in [-0.4, -0.2) is 42.7 Å². The van der Waals surface area contributed by atoms with Gasteiger partial charge in [0.05, 0.1) is 11.7 Å². The zero-order chi connectivity index (χ0) is 17.2. The van der Waals surface area contributed by atoms with E-state index in [1.807, 2.05) is 18.3 Å². The third kappa shape index (κ3) is 3.23. The van der Waals surface area contributed by atoms with Crippen molar-refractivity contribution in [1.29, 1.82) is 0 Å². The van der Waals surface area contributed by atoms with Crippen molar-refractivity contribution in [2.75, 3.05) is 0 Å². The number of hydrogen-bond donors (Lipinski definition) is 2. The van der Waals surface area contributed by atoms with Crippen molar-refractivity contribution >= 4 is 11.6 Å². The molecular formula is C18H19N5O2. The van der Waals surface area contributed by atoms with Gasteiger partial charge < -0.3 is 10.4 Å². The summed E-state index contributed by atoms with van der Waals surface area (Å²) in [5.41, 5.74) is 2.15. The molecule has 0 radical (unpaired) electrons. The lowest BCUT2D eigenvalue weighted by Crippen LogP contribution is -2.48. The van der Waals surface area contributed by atoms with Gasteiger partial charge in [-0.2, -0.15) is 0 Å². The molecule has 0 saturated heterocycles. The highest BCUT2D eigenvalue weighted by Crippen LogP contribution is 2.32. The van der Waals surface area contributed by atoms with Crippen molar-refractivity contribution in [2.24, 2.45) is 5.92 Å². The van der Waals surface area contributed by atoms with Gasteiger partial charge in [-0.05, 0) is 55.0 Å². The molecule has 0 aromatic carbocycles. The fraction of sp³-hybridized carbons (Fsp3) is 0.333. The Bertz CT molecular complexity index is 873. The van der Waals surface area contributed by atoms with E-state index in [2.05, 4.69) is 20.5 Å². The lowest BCUT2D eigenvalue weighted by Gasteiger charge is -2.38. The molecule has 1 fully saturated rings. The van der Waals surface area contributed by atoms with Crippen molar-refractivity contribution < 1.29 is 9.90 Å². The monoisotopic (exact) mass is 337 g/mol. The van der Waals surface area contributed by atoms with Gasteiger partial charge in [0.1, 0.15) is 6.33 Å². The number of aliphatic hydroxyl groups is 1. The SMILES string of the molecule is O=C(N[C@@H](Cc1ccncc1)C1CC(O)C1)c1cccn2cnnc12. The smallest absolute Gasteiger partial charge is 0.255 e. The first kappa shape index (κ1) is 15.7. The number of pyridine rings is 2. The second-order valence-corrected chi connectivity index (χ2v) is 6.51. The van der Waals surface area contributed by atoms with Crippen LogP contribution in [0.3, 0.4) is 0 Å². The second-order valence-electron chi connectivity index (χ2n) is 6.51. The summed E-state index contributed by atoms with van der Waals surface area (Å²) in [6.07, 6.45) is 8.76. The Kier molecular flexibility index (Phi) is 4.15. The Morgan fingerprint density at radius 3 is 2.88 bits per heavy atom. The van der Waals surface area contributed by atoms with E-state index in [1.54, 1.807) is 35.3 Å². The van der Waals surface area contributed by atoms with Crippen LogP contribution in [0.25, 0.3) is 5.65 Å². The number of hydrogen-bond acceptors (Lipinski definition) is 5. The lowest BCUT2D eigenvalue weighted by atomic mass is 9.75. The maximum Gasteiger partial charge on any atom is 0.255 e. The van der Waals surface area contributed by atoms with Crippen LogP contribution >= 0.6 is 0 Å². The van der Waals surface area contributed by atoms with Gasteiger partial charge in [-0.3, -0.25) is 14.2 Å². The molecule has 3 heterocycles. The lowest BCUT2D eigenvalue weighted by molar-refractivity contribution is 0.0239. The highest BCUT2D eigenvalue weighted by atomic mass is 16.3. The molecule has 0 spiro atoms. The van der Waals surface area contributed by atoms with E-state index in [0.29, 0.717) is 30.5 Å². The summed E-state index contributed by atoms with van der Waals surface area (Å²) in [5, 5.41) is 20.7. The van der Waals surface area contributed by atoms with E-state index >= 15 is 0 Å². The van der Waals surface area contributed by atoms with E-state index in [0.717, 1.165) is 5.56 Å². The first-order valence-corrected chi connectivity index (χ1v) is 8.37. The predicted octanol–water partition coefficient (Wildman–Crippen LogP) is 1.24. The minimum Gasteiger partial charge on any atom is -0.393 e. The van der Waals surface area contributed by atoms with Crippen molar-refractivity contribution in [3.63, 3.8) is 0 Å². The van der Waals surface area contributed by atoms with E-state index in [4.69, 9.17) is 0 Å². The summed E-state index contributed by atoms with van der Waals surface area (Å²) in [6.45, 7) is 0. The number of carbonyl (C=O) groups is 1. The molecule has 3 aromatic rings.